The van der Waals surface area contributed by atoms with E-state index in [0.717, 1.165) is 10.9 Å². The van der Waals surface area contributed by atoms with Crippen LogP contribution in [0.5, 0.6) is 0 Å². The van der Waals surface area contributed by atoms with E-state index in [2.05, 4.69) is 5.10 Å². The summed E-state index contributed by atoms with van der Waals surface area (Å²) < 4.78 is 1.11. The van der Waals surface area contributed by atoms with Crippen molar-refractivity contribution in [1.29, 1.82) is 0 Å². The zero-order chi connectivity index (χ0) is 8.43. The molecule has 6 heteroatoms. The Balaban J connectivity index is 2.90. The summed E-state index contributed by atoms with van der Waals surface area (Å²) >= 11 is 0. The quantitative estimate of drug-likeness (QED) is 0.494. The van der Waals surface area contributed by atoms with Crippen LogP contribution in [-0.4, -0.2) is 19.8 Å². The molecule has 1 rings (SSSR count). The Morgan fingerprint density at radius 1 is 1.91 bits per heavy atom. The summed E-state index contributed by atoms with van der Waals surface area (Å²) in [5.74, 6) is 0. The first-order valence-corrected chi connectivity index (χ1v) is 2.98. The highest BCUT2D eigenvalue weighted by Gasteiger charge is 2.10. The summed E-state index contributed by atoms with van der Waals surface area (Å²) in [5.41, 5.74) is -0.120. The van der Waals surface area contributed by atoms with E-state index < -0.39 is 11.2 Å². The summed E-state index contributed by atoms with van der Waals surface area (Å²) in [7, 11) is 0. The van der Waals surface area contributed by atoms with Crippen LogP contribution in [0.3, 0.4) is 0 Å². The third kappa shape index (κ3) is 1.53. The van der Waals surface area contributed by atoms with Gasteiger partial charge in [-0.3, -0.25) is 10.1 Å². The highest BCUT2D eigenvalue weighted by molar-refractivity contribution is 5.20. The second-order valence-electron chi connectivity index (χ2n) is 2.07. The minimum atomic E-state index is -0.830. The summed E-state index contributed by atoms with van der Waals surface area (Å²) in [5, 5.41) is 22.6. The minimum Gasteiger partial charge on any atom is -0.372 e. The number of nitrogens with zero attached hydrogens (tertiary/aromatic N) is 3. The van der Waals surface area contributed by atoms with Crippen LogP contribution in [-0.2, 0) is 0 Å². The standard InChI is InChI=1S/C5H7N3O3/c1-4(9)7-3-5(2-6-7)8(10)11/h2-4,9H,1H3. The molecule has 6 nitrogen and oxygen atoms in total. The smallest absolute Gasteiger partial charge is 0.307 e. The fourth-order valence-corrected chi connectivity index (χ4v) is 0.627. The Labute approximate surface area is 62.2 Å². The minimum absolute atomic E-state index is 0.120. The van der Waals surface area contributed by atoms with Crippen LogP contribution in [0.2, 0.25) is 0 Å². The molecule has 1 atom stereocenters. The molecule has 0 bridgehead atoms. The lowest BCUT2D eigenvalue weighted by molar-refractivity contribution is -0.385. The summed E-state index contributed by atoms with van der Waals surface area (Å²) in [4.78, 5) is 9.54. The number of aromatic nitrogens is 2. The molecule has 1 unspecified atom stereocenters. The Morgan fingerprint density at radius 2 is 2.55 bits per heavy atom. The zero-order valence-corrected chi connectivity index (χ0v) is 5.84. The van der Waals surface area contributed by atoms with Crippen LogP contribution < -0.4 is 0 Å². The van der Waals surface area contributed by atoms with Gasteiger partial charge < -0.3 is 5.11 Å². The number of aliphatic hydroxyl groups excluding tert-OH is 1. The maximum absolute atomic E-state index is 10.1. The molecule has 0 fully saturated rings. The highest BCUT2D eigenvalue weighted by Crippen LogP contribution is 2.10. The molecule has 60 valence electrons. The SMILES string of the molecule is CC(O)n1cc([N+](=O)[O-])cn1. The highest BCUT2D eigenvalue weighted by atomic mass is 16.6. The Hall–Kier alpha value is -1.43. The van der Waals surface area contributed by atoms with Gasteiger partial charge in [-0.25, -0.2) is 4.68 Å². The Morgan fingerprint density at radius 3 is 2.82 bits per heavy atom. The van der Waals surface area contributed by atoms with Gasteiger partial charge in [0.25, 0.3) is 0 Å². The average molecular weight is 157 g/mol. The largest absolute Gasteiger partial charge is 0.372 e. The van der Waals surface area contributed by atoms with Gasteiger partial charge in [0.15, 0.2) is 0 Å². The van der Waals surface area contributed by atoms with Crippen molar-refractivity contribution in [3.05, 3.63) is 22.5 Å². The molecule has 0 saturated carbocycles. The van der Waals surface area contributed by atoms with Crippen LogP contribution in [0.1, 0.15) is 13.2 Å². The molecule has 1 aromatic rings. The maximum atomic E-state index is 10.1. The lowest BCUT2D eigenvalue weighted by Crippen LogP contribution is -2.03. The van der Waals surface area contributed by atoms with Gasteiger partial charge in [-0.1, -0.05) is 0 Å². The van der Waals surface area contributed by atoms with E-state index in [4.69, 9.17) is 5.11 Å². The van der Waals surface area contributed by atoms with E-state index in [0.29, 0.717) is 0 Å². The molecule has 1 heterocycles. The number of nitro groups is 1. The van der Waals surface area contributed by atoms with E-state index in [1.807, 2.05) is 0 Å². The van der Waals surface area contributed by atoms with E-state index in [1.54, 1.807) is 0 Å². The van der Waals surface area contributed by atoms with Crippen LogP contribution in [0.4, 0.5) is 5.69 Å². The van der Waals surface area contributed by atoms with Gasteiger partial charge in [-0.2, -0.15) is 5.10 Å². The van der Waals surface area contributed by atoms with Crippen LogP contribution in [0.25, 0.3) is 0 Å². The number of aliphatic hydroxyl groups is 1. The van der Waals surface area contributed by atoms with Gasteiger partial charge >= 0.3 is 5.69 Å². The number of hydrogen-bond donors (Lipinski definition) is 1. The first kappa shape index (κ1) is 7.67. The Bertz CT molecular complexity index is 268. The van der Waals surface area contributed by atoms with Gasteiger partial charge in [0.2, 0.25) is 0 Å². The van der Waals surface area contributed by atoms with Crippen molar-refractivity contribution in [2.45, 2.75) is 13.2 Å². The van der Waals surface area contributed by atoms with Crippen molar-refractivity contribution in [2.24, 2.45) is 0 Å². The molecular formula is C5H7N3O3. The van der Waals surface area contributed by atoms with Crippen LogP contribution in [0.15, 0.2) is 12.4 Å². The van der Waals surface area contributed by atoms with Crippen LogP contribution in [0, 0.1) is 10.1 Å². The van der Waals surface area contributed by atoms with Crippen molar-refractivity contribution in [2.75, 3.05) is 0 Å². The topological polar surface area (TPSA) is 81.2 Å². The molecule has 1 aromatic heterocycles. The summed E-state index contributed by atoms with van der Waals surface area (Å²) in [6.45, 7) is 1.47. The molecular weight excluding hydrogens is 150 g/mol. The molecule has 1 N–H and O–H groups in total. The molecule has 0 radical (unpaired) electrons. The average Bonchev–Trinajstić information content (AvgIpc) is 2.33. The van der Waals surface area contributed by atoms with Gasteiger partial charge in [-0.15, -0.1) is 0 Å². The fourth-order valence-electron chi connectivity index (χ4n) is 0.627. The second kappa shape index (κ2) is 2.67. The molecule has 0 aliphatic carbocycles. The second-order valence-corrected chi connectivity index (χ2v) is 2.07. The van der Waals surface area contributed by atoms with Crippen molar-refractivity contribution in [1.82, 2.24) is 9.78 Å². The van der Waals surface area contributed by atoms with Gasteiger partial charge in [0, 0.05) is 0 Å². The first-order valence-electron chi connectivity index (χ1n) is 2.98. The lowest BCUT2D eigenvalue weighted by atomic mass is 10.6. The monoisotopic (exact) mass is 157 g/mol. The van der Waals surface area contributed by atoms with Crippen molar-refractivity contribution in [3.8, 4) is 0 Å². The zero-order valence-electron chi connectivity index (χ0n) is 5.84. The normalized spacial score (nSPS) is 12.9. The van der Waals surface area contributed by atoms with E-state index in [-0.39, 0.29) is 5.69 Å². The fraction of sp³-hybridized carbons (Fsp3) is 0.400. The van der Waals surface area contributed by atoms with E-state index in [9.17, 15) is 10.1 Å². The first-order chi connectivity index (χ1) is 5.11. The molecule has 11 heavy (non-hydrogen) atoms. The van der Waals surface area contributed by atoms with Gasteiger partial charge in [0.1, 0.15) is 18.6 Å². The molecule has 0 amide bonds. The van der Waals surface area contributed by atoms with E-state index >= 15 is 0 Å². The van der Waals surface area contributed by atoms with Crippen molar-refractivity contribution in [3.63, 3.8) is 0 Å². The summed E-state index contributed by atoms with van der Waals surface area (Å²) in [6.07, 6.45) is 1.43. The third-order valence-corrected chi connectivity index (χ3v) is 1.18. The number of hydrogen-bond acceptors (Lipinski definition) is 4. The van der Waals surface area contributed by atoms with Crippen molar-refractivity contribution < 1.29 is 10.0 Å². The molecule has 0 aliphatic rings. The molecule has 0 spiro atoms. The lowest BCUT2D eigenvalue weighted by Gasteiger charge is -2.00. The Kier molecular flexibility index (Phi) is 1.86. The molecule has 0 aliphatic heterocycles. The van der Waals surface area contributed by atoms with Crippen molar-refractivity contribution >= 4 is 5.69 Å². The van der Waals surface area contributed by atoms with Gasteiger partial charge in [0.05, 0.1) is 4.92 Å². The van der Waals surface area contributed by atoms with Crippen LogP contribution >= 0.6 is 0 Å². The molecule has 0 saturated heterocycles. The predicted octanol–water partition coefficient (Wildman–Crippen LogP) is 0.302. The maximum Gasteiger partial charge on any atom is 0.307 e. The number of rotatable bonds is 2. The molecule has 0 aromatic carbocycles. The predicted molar refractivity (Wildman–Crippen MR) is 35.8 cm³/mol. The summed E-state index contributed by atoms with van der Waals surface area (Å²) in [6, 6.07) is 0. The van der Waals surface area contributed by atoms with Gasteiger partial charge in [-0.05, 0) is 6.92 Å². The third-order valence-electron chi connectivity index (χ3n) is 1.18. The van der Waals surface area contributed by atoms with E-state index in [1.165, 1.54) is 13.1 Å².